The Hall–Kier alpha value is -0.570. The lowest BCUT2D eigenvalue weighted by Crippen LogP contribution is -2.29. The molecule has 1 unspecified atom stereocenters. The number of rotatable bonds is 5. The van der Waals surface area contributed by atoms with Crippen molar-refractivity contribution in [2.75, 3.05) is 13.6 Å². The number of nitrogens with two attached hydrogens (primary N) is 1. The van der Waals surface area contributed by atoms with Crippen molar-refractivity contribution >= 4 is 11.6 Å². The SMILES string of the molecule is CC(C)N(C)CCC(N)c1ccc(Cl)cc1. The summed E-state index contributed by atoms with van der Waals surface area (Å²) in [4.78, 5) is 2.30. The number of halogens is 1. The van der Waals surface area contributed by atoms with Crippen LogP contribution in [-0.2, 0) is 0 Å². The molecule has 0 heterocycles. The predicted molar refractivity (Wildman–Crippen MR) is 70.8 cm³/mol. The smallest absolute Gasteiger partial charge is 0.0406 e. The molecule has 16 heavy (non-hydrogen) atoms. The third kappa shape index (κ3) is 4.12. The van der Waals surface area contributed by atoms with Gasteiger partial charge in [0.1, 0.15) is 0 Å². The van der Waals surface area contributed by atoms with Crippen molar-refractivity contribution in [3.8, 4) is 0 Å². The van der Waals surface area contributed by atoms with E-state index < -0.39 is 0 Å². The first kappa shape index (κ1) is 13.5. The van der Waals surface area contributed by atoms with Crippen LogP contribution in [0.25, 0.3) is 0 Å². The molecule has 0 bridgehead atoms. The van der Waals surface area contributed by atoms with Gasteiger partial charge in [-0.05, 0) is 51.6 Å². The third-order valence-electron chi connectivity index (χ3n) is 2.97. The zero-order valence-corrected chi connectivity index (χ0v) is 11.0. The van der Waals surface area contributed by atoms with Crippen LogP contribution in [0.1, 0.15) is 31.9 Å². The van der Waals surface area contributed by atoms with Crippen molar-refractivity contribution in [3.05, 3.63) is 34.9 Å². The molecule has 0 radical (unpaired) electrons. The molecular weight excluding hydrogens is 220 g/mol. The topological polar surface area (TPSA) is 29.3 Å². The minimum absolute atomic E-state index is 0.0958. The average Bonchev–Trinajstić information content (AvgIpc) is 2.26. The third-order valence-corrected chi connectivity index (χ3v) is 3.22. The Kier molecular flexibility index (Phi) is 5.26. The summed E-state index contributed by atoms with van der Waals surface area (Å²) < 4.78 is 0. The van der Waals surface area contributed by atoms with Gasteiger partial charge in [0.15, 0.2) is 0 Å². The molecule has 2 nitrogen and oxygen atoms in total. The fraction of sp³-hybridized carbons (Fsp3) is 0.538. The van der Waals surface area contributed by atoms with E-state index in [1.165, 1.54) is 0 Å². The van der Waals surface area contributed by atoms with Crippen molar-refractivity contribution in [2.45, 2.75) is 32.4 Å². The molecule has 0 saturated carbocycles. The molecule has 0 aliphatic carbocycles. The molecule has 1 rings (SSSR count). The van der Waals surface area contributed by atoms with Gasteiger partial charge in [-0.2, -0.15) is 0 Å². The van der Waals surface area contributed by atoms with Crippen LogP contribution in [0.15, 0.2) is 24.3 Å². The fourth-order valence-corrected chi connectivity index (χ4v) is 1.60. The maximum atomic E-state index is 6.12. The normalized spacial score (nSPS) is 13.4. The molecular formula is C13H21ClN2. The highest BCUT2D eigenvalue weighted by molar-refractivity contribution is 6.30. The van der Waals surface area contributed by atoms with Crippen LogP contribution in [0.2, 0.25) is 5.02 Å². The Labute approximate surface area is 103 Å². The van der Waals surface area contributed by atoms with Gasteiger partial charge in [-0.25, -0.2) is 0 Å². The summed E-state index contributed by atoms with van der Waals surface area (Å²) in [5.74, 6) is 0. The second-order valence-corrected chi connectivity index (χ2v) is 4.96. The predicted octanol–water partition coefficient (Wildman–Crippen LogP) is 3.07. The van der Waals surface area contributed by atoms with E-state index in [0.29, 0.717) is 6.04 Å². The first-order valence-electron chi connectivity index (χ1n) is 5.72. The van der Waals surface area contributed by atoms with Crippen molar-refractivity contribution in [1.82, 2.24) is 4.90 Å². The summed E-state index contributed by atoms with van der Waals surface area (Å²) in [6, 6.07) is 8.45. The molecule has 0 aliphatic heterocycles. The second kappa shape index (κ2) is 6.24. The van der Waals surface area contributed by atoms with Crippen LogP contribution >= 0.6 is 11.6 Å². The number of hydrogen-bond donors (Lipinski definition) is 1. The minimum Gasteiger partial charge on any atom is -0.324 e. The number of hydrogen-bond acceptors (Lipinski definition) is 2. The van der Waals surface area contributed by atoms with E-state index in [2.05, 4.69) is 25.8 Å². The molecule has 0 fully saturated rings. The highest BCUT2D eigenvalue weighted by Crippen LogP contribution is 2.17. The molecule has 0 amide bonds. The molecule has 0 aromatic heterocycles. The van der Waals surface area contributed by atoms with E-state index in [4.69, 9.17) is 17.3 Å². The highest BCUT2D eigenvalue weighted by atomic mass is 35.5. The van der Waals surface area contributed by atoms with Crippen LogP contribution in [-0.4, -0.2) is 24.5 Å². The summed E-state index contributed by atoms with van der Waals surface area (Å²) in [7, 11) is 2.12. The van der Waals surface area contributed by atoms with Crippen molar-refractivity contribution in [2.24, 2.45) is 5.73 Å². The standard InChI is InChI=1S/C13H21ClN2/c1-10(2)16(3)9-8-13(15)11-4-6-12(14)7-5-11/h4-7,10,13H,8-9,15H2,1-3H3. The lowest BCUT2D eigenvalue weighted by Gasteiger charge is -2.23. The van der Waals surface area contributed by atoms with Crippen LogP contribution in [0.5, 0.6) is 0 Å². The van der Waals surface area contributed by atoms with Crippen molar-refractivity contribution in [3.63, 3.8) is 0 Å². The molecule has 1 atom stereocenters. The molecule has 2 N–H and O–H groups in total. The maximum absolute atomic E-state index is 6.12. The van der Waals surface area contributed by atoms with Gasteiger partial charge in [0.2, 0.25) is 0 Å². The molecule has 0 saturated heterocycles. The van der Waals surface area contributed by atoms with E-state index in [1.54, 1.807) is 0 Å². The average molecular weight is 241 g/mol. The second-order valence-electron chi connectivity index (χ2n) is 4.52. The van der Waals surface area contributed by atoms with E-state index in [0.717, 1.165) is 23.6 Å². The van der Waals surface area contributed by atoms with Crippen LogP contribution in [0.4, 0.5) is 0 Å². The Morgan fingerprint density at radius 3 is 2.31 bits per heavy atom. The minimum atomic E-state index is 0.0958. The lowest BCUT2D eigenvalue weighted by molar-refractivity contribution is 0.263. The molecule has 90 valence electrons. The van der Waals surface area contributed by atoms with Crippen LogP contribution in [0.3, 0.4) is 0 Å². The number of nitrogens with zero attached hydrogens (tertiary/aromatic N) is 1. The summed E-state index contributed by atoms with van der Waals surface area (Å²) in [5.41, 5.74) is 7.28. The summed E-state index contributed by atoms with van der Waals surface area (Å²) in [6.07, 6.45) is 0.969. The van der Waals surface area contributed by atoms with E-state index in [-0.39, 0.29) is 6.04 Å². The first-order valence-corrected chi connectivity index (χ1v) is 6.09. The van der Waals surface area contributed by atoms with Gasteiger partial charge in [-0.3, -0.25) is 0 Å². The zero-order chi connectivity index (χ0) is 12.1. The first-order chi connectivity index (χ1) is 7.50. The Morgan fingerprint density at radius 1 is 1.25 bits per heavy atom. The Morgan fingerprint density at radius 2 is 1.81 bits per heavy atom. The van der Waals surface area contributed by atoms with Gasteiger partial charge in [0.25, 0.3) is 0 Å². The molecule has 1 aromatic rings. The largest absolute Gasteiger partial charge is 0.324 e. The monoisotopic (exact) mass is 240 g/mol. The van der Waals surface area contributed by atoms with Gasteiger partial charge in [0.05, 0.1) is 0 Å². The Balaban J connectivity index is 2.46. The van der Waals surface area contributed by atoms with E-state index in [1.807, 2.05) is 24.3 Å². The summed E-state index contributed by atoms with van der Waals surface area (Å²) in [5, 5.41) is 0.759. The van der Waals surface area contributed by atoms with Crippen molar-refractivity contribution < 1.29 is 0 Å². The van der Waals surface area contributed by atoms with Crippen LogP contribution < -0.4 is 5.73 Å². The van der Waals surface area contributed by atoms with Gasteiger partial charge < -0.3 is 10.6 Å². The quantitative estimate of drug-likeness (QED) is 0.857. The fourth-order valence-electron chi connectivity index (χ4n) is 1.48. The number of benzene rings is 1. The van der Waals surface area contributed by atoms with Gasteiger partial charge in [0, 0.05) is 17.1 Å². The van der Waals surface area contributed by atoms with Crippen LogP contribution in [0, 0.1) is 0 Å². The molecule has 0 spiro atoms. The molecule has 1 aromatic carbocycles. The van der Waals surface area contributed by atoms with E-state index in [9.17, 15) is 0 Å². The van der Waals surface area contributed by atoms with E-state index >= 15 is 0 Å². The molecule has 0 aliphatic rings. The Bertz CT molecular complexity index is 308. The molecule has 3 heteroatoms. The zero-order valence-electron chi connectivity index (χ0n) is 10.3. The van der Waals surface area contributed by atoms with Crippen molar-refractivity contribution in [1.29, 1.82) is 0 Å². The lowest BCUT2D eigenvalue weighted by atomic mass is 10.0. The summed E-state index contributed by atoms with van der Waals surface area (Å²) in [6.45, 7) is 5.39. The summed E-state index contributed by atoms with van der Waals surface area (Å²) >= 11 is 5.84. The maximum Gasteiger partial charge on any atom is 0.0406 e. The van der Waals surface area contributed by atoms with Gasteiger partial charge in [-0.15, -0.1) is 0 Å². The van der Waals surface area contributed by atoms with Gasteiger partial charge in [-0.1, -0.05) is 23.7 Å². The highest BCUT2D eigenvalue weighted by Gasteiger charge is 2.09. The van der Waals surface area contributed by atoms with Gasteiger partial charge >= 0.3 is 0 Å².